The maximum Gasteiger partial charge on any atom is 0.280 e. The standard InChI is InChI=1S/C14H14N6O2S/c1-8-6-11(19-18-8)17-12(21)7-23-14-16-10-5-3-2-4-9(10)13(22)20(14)15/h2-6H,7,15H2,1H3,(H2,17,18,19,21). The number of nitrogens with one attached hydrogen (secondary N) is 2. The molecule has 1 amide bonds. The van der Waals surface area contributed by atoms with Crippen LogP contribution in [0.4, 0.5) is 5.82 Å². The Kier molecular flexibility index (Phi) is 4.02. The lowest BCUT2D eigenvalue weighted by Gasteiger charge is -2.08. The fourth-order valence-corrected chi connectivity index (χ4v) is 2.74. The van der Waals surface area contributed by atoms with Crippen LogP contribution in [0.3, 0.4) is 0 Å². The first kappa shape index (κ1) is 15.1. The van der Waals surface area contributed by atoms with E-state index < -0.39 is 0 Å². The topological polar surface area (TPSA) is 119 Å². The molecular formula is C14H14N6O2S. The summed E-state index contributed by atoms with van der Waals surface area (Å²) in [5.74, 6) is 6.01. The van der Waals surface area contributed by atoms with Gasteiger partial charge in [0.1, 0.15) is 0 Å². The Balaban J connectivity index is 1.75. The molecule has 2 aromatic heterocycles. The van der Waals surface area contributed by atoms with Gasteiger partial charge in [-0.15, -0.1) is 0 Å². The number of carbonyl (C=O) groups excluding carboxylic acids is 1. The zero-order valence-corrected chi connectivity index (χ0v) is 13.1. The van der Waals surface area contributed by atoms with Crippen molar-refractivity contribution in [2.45, 2.75) is 12.1 Å². The molecule has 23 heavy (non-hydrogen) atoms. The summed E-state index contributed by atoms with van der Waals surface area (Å²) >= 11 is 1.09. The van der Waals surface area contributed by atoms with Gasteiger partial charge in [-0.1, -0.05) is 23.9 Å². The number of carbonyl (C=O) groups is 1. The van der Waals surface area contributed by atoms with Crippen molar-refractivity contribution in [1.29, 1.82) is 0 Å². The van der Waals surface area contributed by atoms with Gasteiger partial charge in [-0.05, 0) is 19.1 Å². The quantitative estimate of drug-likeness (QED) is 0.371. The van der Waals surface area contributed by atoms with E-state index in [9.17, 15) is 9.59 Å². The number of fused-ring (bicyclic) bond motifs is 1. The molecule has 0 aliphatic rings. The van der Waals surface area contributed by atoms with Gasteiger partial charge in [0.15, 0.2) is 11.0 Å². The normalized spacial score (nSPS) is 10.8. The summed E-state index contributed by atoms with van der Waals surface area (Å²) in [6, 6.07) is 8.65. The molecule has 118 valence electrons. The first-order valence-corrected chi connectivity index (χ1v) is 7.74. The highest BCUT2D eigenvalue weighted by Gasteiger charge is 2.12. The summed E-state index contributed by atoms with van der Waals surface area (Å²) < 4.78 is 0.957. The first-order valence-electron chi connectivity index (χ1n) is 6.76. The zero-order valence-electron chi connectivity index (χ0n) is 12.2. The molecular weight excluding hydrogens is 316 g/mol. The maximum atomic E-state index is 12.2. The van der Waals surface area contributed by atoms with Gasteiger partial charge in [0.05, 0.1) is 16.7 Å². The van der Waals surface area contributed by atoms with E-state index >= 15 is 0 Å². The van der Waals surface area contributed by atoms with Crippen molar-refractivity contribution >= 4 is 34.4 Å². The monoisotopic (exact) mass is 330 g/mol. The largest absolute Gasteiger partial charge is 0.334 e. The Hall–Kier alpha value is -2.81. The molecule has 0 aliphatic heterocycles. The zero-order chi connectivity index (χ0) is 16.4. The minimum Gasteiger partial charge on any atom is -0.334 e. The molecule has 0 spiro atoms. The van der Waals surface area contributed by atoms with Gasteiger partial charge in [0.25, 0.3) is 5.56 Å². The number of anilines is 1. The third kappa shape index (κ3) is 3.19. The molecule has 0 saturated heterocycles. The second kappa shape index (κ2) is 6.13. The number of para-hydroxylation sites is 1. The number of rotatable bonds is 4. The molecule has 3 rings (SSSR count). The Morgan fingerprint density at radius 3 is 2.96 bits per heavy atom. The van der Waals surface area contributed by atoms with E-state index in [0.717, 1.165) is 22.1 Å². The van der Waals surface area contributed by atoms with Gasteiger partial charge in [-0.2, -0.15) is 5.10 Å². The number of aromatic amines is 1. The van der Waals surface area contributed by atoms with Crippen molar-refractivity contribution in [3.63, 3.8) is 0 Å². The van der Waals surface area contributed by atoms with Crippen LogP contribution in [0.5, 0.6) is 0 Å². The maximum absolute atomic E-state index is 12.2. The number of nitrogen functional groups attached to an aromatic ring is 1. The number of nitrogens with two attached hydrogens (primary N) is 1. The number of hydrogen-bond donors (Lipinski definition) is 3. The number of benzene rings is 1. The molecule has 0 aliphatic carbocycles. The van der Waals surface area contributed by atoms with Gasteiger partial charge in [0, 0.05) is 11.8 Å². The van der Waals surface area contributed by atoms with Crippen molar-refractivity contribution in [1.82, 2.24) is 19.9 Å². The molecule has 9 heteroatoms. The Morgan fingerprint density at radius 1 is 1.43 bits per heavy atom. The first-order chi connectivity index (χ1) is 11.0. The summed E-state index contributed by atoms with van der Waals surface area (Å²) in [5.41, 5.74) is 1.05. The SMILES string of the molecule is Cc1cc(NC(=O)CSc2nc3ccccc3c(=O)n2N)n[nH]1. The molecule has 0 radical (unpaired) electrons. The summed E-state index contributed by atoms with van der Waals surface area (Å²) in [7, 11) is 0. The lowest BCUT2D eigenvalue weighted by molar-refractivity contribution is -0.113. The van der Waals surface area contributed by atoms with E-state index in [1.54, 1.807) is 30.3 Å². The van der Waals surface area contributed by atoms with Crippen molar-refractivity contribution in [3.05, 3.63) is 46.4 Å². The van der Waals surface area contributed by atoms with Crippen molar-refractivity contribution < 1.29 is 4.79 Å². The number of H-pyrrole nitrogens is 1. The van der Waals surface area contributed by atoms with Gasteiger partial charge in [0.2, 0.25) is 5.91 Å². The average Bonchev–Trinajstić information content (AvgIpc) is 2.94. The Morgan fingerprint density at radius 2 is 2.22 bits per heavy atom. The van der Waals surface area contributed by atoms with Gasteiger partial charge >= 0.3 is 0 Å². The van der Waals surface area contributed by atoms with E-state index in [0.29, 0.717) is 16.7 Å². The summed E-state index contributed by atoms with van der Waals surface area (Å²) in [5, 5.41) is 10.0. The lowest BCUT2D eigenvalue weighted by atomic mass is 10.2. The molecule has 0 bridgehead atoms. The average molecular weight is 330 g/mol. The molecule has 4 N–H and O–H groups in total. The fraction of sp³-hybridized carbons (Fsp3) is 0.143. The molecule has 0 fully saturated rings. The van der Waals surface area contributed by atoms with Crippen molar-refractivity contribution in [3.8, 4) is 0 Å². The number of amides is 1. The van der Waals surface area contributed by atoms with Crippen LogP contribution < -0.4 is 16.7 Å². The Bertz CT molecular complexity index is 932. The second-order valence-electron chi connectivity index (χ2n) is 4.86. The van der Waals surface area contributed by atoms with Crippen LogP contribution in [0.1, 0.15) is 5.69 Å². The van der Waals surface area contributed by atoms with Crippen LogP contribution >= 0.6 is 11.8 Å². The van der Waals surface area contributed by atoms with E-state index in [2.05, 4.69) is 20.5 Å². The third-order valence-electron chi connectivity index (χ3n) is 3.08. The number of nitrogens with zero attached hydrogens (tertiary/aromatic N) is 3. The molecule has 0 atom stereocenters. The summed E-state index contributed by atoms with van der Waals surface area (Å²) in [6.07, 6.45) is 0. The molecule has 1 aromatic carbocycles. The highest BCUT2D eigenvalue weighted by Crippen LogP contribution is 2.16. The van der Waals surface area contributed by atoms with Crippen LogP contribution in [0, 0.1) is 6.92 Å². The van der Waals surface area contributed by atoms with Crippen LogP contribution in [-0.4, -0.2) is 31.5 Å². The third-order valence-corrected chi connectivity index (χ3v) is 4.03. The summed E-state index contributed by atoms with van der Waals surface area (Å²) in [4.78, 5) is 28.4. The van der Waals surface area contributed by atoms with Gasteiger partial charge in [-0.3, -0.25) is 14.7 Å². The van der Waals surface area contributed by atoms with Crippen LogP contribution in [0.2, 0.25) is 0 Å². The smallest absolute Gasteiger partial charge is 0.280 e. The molecule has 3 aromatic rings. The van der Waals surface area contributed by atoms with Crippen LogP contribution in [0.15, 0.2) is 40.3 Å². The fourth-order valence-electron chi connectivity index (χ4n) is 2.02. The highest BCUT2D eigenvalue weighted by atomic mass is 32.2. The molecule has 0 saturated carbocycles. The van der Waals surface area contributed by atoms with E-state index in [4.69, 9.17) is 5.84 Å². The number of thioether (sulfide) groups is 1. The lowest BCUT2D eigenvalue weighted by Crippen LogP contribution is -2.30. The predicted molar refractivity (Wildman–Crippen MR) is 88.8 cm³/mol. The van der Waals surface area contributed by atoms with Crippen LogP contribution in [0.25, 0.3) is 10.9 Å². The van der Waals surface area contributed by atoms with Crippen molar-refractivity contribution in [2.75, 3.05) is 16.9 Å². The number of aryl methyl sites for hydroxylation is 1. The van der Waals surface area contributed by atoms with Crippen LogP contribution in [-0.2, 0) is 4.79 Å². The van der Waals surface area contributed by atoms with Gasteiger partial charge in [-0.25, -0.2) is 9.66 Å². The van der Waals surface area contributed by atoms with E-state index in [-0.39, 0.29) is 22.4 Å². The summed E-state index contributed by atoms with van der Waals surface area (Å²) in [6.45, 7) is 1.84. The molecule has 8 nitrogen and oxygen atoms in total. The molecule has 2 heterocycles. The van der Waals surface area contributed by atoms with Gasteiger partial charge < -0.3 is 11.2 Å². The van der Waals surface area contributed by atoms with Crippen molar-refractivity contribution in [2.24, 2.45) is 0 Å². The minimum atomic E-state index is -0.346. The Labute approximate surface area is 135 Å². The predicted octanol–water partition coefficient (Wildman–Crippen LogP) is 0.873. The highest BCUT2D eigenvalue weighted by molar-refractivity contribution is 7.99. The molecule has 0 unspecified atom stereocenters. The van der Waals surface area contributed by atoms with E-state index in [1.165, 1.54) is 0 Å². The second-order valence-corrected chi connectivity index (χ2v) is 5.80. The minimum absolute atomic E-state index is 0.0634. The number of hydrogen-bond acceptors (Lipinski definition) is 6. The van der Waals surface area contributed by atoms with E-state index in [1.807, 2.05) is 6.92 Å². The number of aromatic nitrogens is 4.